The highest BCUT2D eigenvalue weighted by molar-refractivity contribution is 7.13. The SMILES string of the molecule is Cc1csc(-c2ccc(OCc3ccc(C#N)cc3)cc2)n1. The molecular weight excluding hydrogens is 292 g/mol. The lowest BCUT2D eigenvalue weighted by Crippen LogP contribution is -1.95. The van der Waals surface area contributed by atoms with Crippen LogP contribution in [0.5, 0.6) is 5.75 Å². The van der Waals surface area contributed by atoms with Crippen LogP contribution in [-0.2, 0) is 6.61 Å². The van der Waals surface area contributed by atoms with E-state index in [4.69, 9.17) is 10.00 Å². The molecule has 0 spiro atoms. The zero-order chi connectivity index (χ0) is 15.4. The number of nitriles is 1. The van der Waals surface area contributed by atoms with Crippen molar-refractivity contribution < 1.29 is 4.74 Å². The number of nitrogens with zero attached hydrogens (tertiary/aromatic N) is 2. The fourth-order valence-electron chi connectivity index (χ4n) is 2.02. The summed E-state index contributed by atoms with van der Waals surface area (Å²) in [6, 6.07) is 17.5. The van der Waals surface area contributed by atoms with Gasteiger partial charge in [-0.2, -0.15) is 5.26 Å². The summed E-state index contributed by atoms with van der Waals surface area (Å²) in [4.78, 5) is 4.47. The van der Waals surface area contributed by atoms with Gasteiger partial charge in [-0.15, -0.1) is 11.3 Å². The van der Waals surface area contributed by atoms with Crippen molar-refractivity contribution in [2.24, 2.45) is 0 Å². The van der Waals surface area contributed by atoms with E-state index in [1.54, 1.807) is 23.5 Å². The van der Waals surface area contributed by atoms with E-state index in [-0.39, 0.29) is 0 Å². The van der Waals surface area contributed by atoms with Crippen LogP contribution in [0.3, 0.4) is 0 Å². The van der Waals surface area contributed by atoms with Crippen molar-refractivity contribution in [3.8, 4) is 22.4 Å². The Labute approximate surface area is 133 Å². The third-order valence-electron chi connectivity index (χ3n) is 3.21. The van der Waals surface area contributed by atoms with Crippen LogP contribution in [0.15, 0.2) is 53.9 Å². The van der Waals surface area contributed by atoms with Crippen molar-refractivity contribution in [2.45, 2.75) is 13.5 Å². The Balaban J connectivity index is 1.64. The van der Waals surface area contributed by atoms with Gasteiger partial charge in [-0.25, -0.2) is 4.98 Å². The maximum absolute atomic E-state index is 8.77. The molecule has 0 aliphatic carbocycles. The Hall–Kier alpha value is -2.64. The topological polar surface area (TPSA) is 45.9 Å². The van der Waals surface area contributed by atoms with E-state index in [1.165, 1.54) is 0 Å². The summed E-state index contributed by atoms with van der Waals surface area (Å²) in [6.45, 7) is 2.48. The summed E-state index contributed by atoms with van der Waals surface area (Å²) in [6.07, 6.45) is 0. The minimum atomic E-state index is 0.488. The summed E-state index contributed by atoms with van der Waals surface area (Å²) in [5, 5.41) is 11.8. The number of thiazole rings is 1. The molecule has 3 rings (SSSR count). The summed E-state index contributed by atoms with van der Waals surface area (Å²) in [5.41, 5.74) is 3.84. The van der Waals surface area contributed by atoms with E-state index in [0.29, 0.717) is 12.2 Å². The van der Waals surface area contributed by atoms with Crippen LogP contribution in [0.2, 0.25) is 0 Å². The molecule has 108 valence electrons. The molecule has 0 unspecified atom stereocenters. The fourth-order valence-corrected chi connectivity index (χ4v) is 2.83. The average molecular weight is 306 g/mol. The second-order valence-electron chi connectivity index (χ2n) is 4.92. The maximum Gasteiger partial charge on any atom is 0.123 e. The molecule has 2 aromatic carbocycles. The molecule has 0 aliphatic rings. The number of hydrogen-bond donors (Lipinski definition) is 0. The van der Waals surface area contributed by atoms with Gasteiger partial charge in [0.05, 0.1) is 11.6 Å². The van der Waals surface area contributed by atoms with Gasteiger partial charge in [0.1, 0.15) is 17.4 Å². The van der Waals surface area contributed by atoms with E-state index in [1.807, 2.05) is 48.7 Å². The van der Waals surface area contributed by atoms with Gasteiger partial charge in [0.2, 0.25) is 0 Å². The molecule has 0 atom stereocenters. The summed E-state index contributed by atoms with van der Waals surface area (Å²) >= 11 is 1.64. The highest BCUT2D eigenvalue weighted by Crippen LogP contribution is 2.25. The minimum absolute atomic E-state index is 0.488. The molecule has 0 saturated carbocycles. The quantitative estimate of drug-likeness (QED) is 0.709. The largest absolute Gasteiger partial charge is 0.489 e. The van der Waals surface area contributed by atoms with E-state index in [2.05, 4.69) is 11.1 Å². The van der Waals surface area contributed by atoms with Crippen LogP contribution in [0.25, 0.3) is 10.6 Å². The van der Waals surface area contributed by atoms with Gasteiger partial charge < -0.3 is 4.74 Å². The zero-order valence-corrected chi connectivity index (χ0v) is 12.9. The lowest BCUT2D eigenvalue weighted by molar-refractivity contribution is 0.306. The summed E-state index contributed by atoms with van der Waals surface area (Å²) in [7, 11) is 0. The Morgan fingerprint density at radius 1 is 1.09 bits per heavy atom. The van der Waals surface area contributed by atoms with Gasteiger partial charge in [0.25, 0.3) is 0 Å². The highest BCUT2D eigenvalue weighted by Gasteiger charge is 2.03. The van der Waals surface area contributed by atoms with E-state index >= 15 is 0 Å². The second-order valence-corrected chi connectivity index (χ2v) is 5.77. The molecule has 0 aliphatic heterocycles. The molecule has 0 bridgehead atoms. The molecular formula is C18H14N2OS. The smallest absolute Gasteiger partial charge is 0.123 e. The Kier molecular flexibility index (Phi) is 4.17. The molecule has 22 heavy (non-hydrogen) atoms. The van der Waals surface area contributed by atoms with Crippen molar-refractivity contribution in [1.29, 1.82) is 5.26 Å². The Morgan fingerprint density at radius 2 is 1.82 bits per heavy atom. The van der Waals surface area contributed by atoms with Gasteiger partial charge in [-0.1, -0.05) is 12.1 Å². The lowest BCUT2D eigenvalue weighted by atomic mass is 10.1. The van der Waals surface area contributed by atoms with E-state index in [9.17, 15) is 0 Å². The maximum atomic E-state index is 8.77. The number of ether oxygens (including phenoxy) is 1. The molecule has 4 heteroatoms. The number of hydrogen-bond acceptors (Lipinski definition) is 4. The van der Waals surface area contributed by atoms with Gasteiger partial charge in [-0.3, -0.25) is 0 Å². The molecule has 3 nitrogen and oxygen atoms in total. The van der Waals surface area contributed by atoms with Crippen molar-refractivity contribution in [3.63, 3.8) is 0 Å². The number of aryl methyl sites for hydroxylation is 1. The minimum Gasteiger partial charge on any atom is -0.489 e. The predicted octanol–water partition coefficient (Wildman–Crippen LogP) is 4.57. The second kappa shape index (κ2) is 6.42. The van der Waals surface area contributed by atoms with Crippen LogP contribution >= 0.6 is 11.3 Å². The molecule has 0 N–H and O–H groups in total. The van der Waals surface area contributed by atoms with Gasteiger partial charge in [0.15, 0.2) is 0 Å². The normalized spacial score (nSPS) is 10.2. The van der Waals surface area contributed by atoms with Gasteiger partial charge in [0, 0.05) is 16.6 Å². The predicted molar refractivity (Wildman–Crippen MR) is 87.8 cm³/mol. The zero-order valence-electron chi connectivity index (χ0n) is 12.1. The Morgan fingerprint density at radius 3 is 2.41 bits per heavy atom. The summed E-state index contributed by atoms with van der Waals surface area (Å²) < 4.78 is 5.76. The van der Waals surface area contributed by atoms with E-state index < -0.39 is 0 Å². The van der Waals surface area contributed by atoms with Crippen molar-refractivity contribution in [3.05, 3.63) is 70.7 Å². The molecule has 0 saturated heterocycles. The van der Waals surface area contributed by atoms with Crippen molar-refractivity contribution in [2.75, 3.05) is 0 Å². The first kappa shape index (κ1) is 14.3. The number of rotatable bonds is 4. The molecule has 1 aromatic heterocycles. The van der Waals surface area contributed by atoms with Gasteiger partial charge >= 0.3 is 0 Å². The first-order chi connectivity index (χ1) is 10.7. The molecule has 3 aromatic rings. The van der Waals surface area contributed by atoms with E-state index in [0.717, 1.165) is 27.6 Å². The molecule has 0 fully saturated rings. The third kappa shape index (κ3) is 3.33. The molecule has 0 amide bonds. The monoisotopic (exact) mass is 306 g/mol. The van der Waals surface area contributed by atoms with Crippen molar-refractivity contribution >= 4 is 11.3 Å². The first-order valence-electron chi connectivity index (χ1n) is 6.89. The molecule has 0 radical (unpaired) electrons. The summed E-state index contributed by atoms with van der Waals surface area (Å²) in [5.74, 6) is 0.821. The number of aromatic nitrogens is 1. The fraction of sp³-hybridized carbons (Fsp3) is 0.111. The van der Waals surface area contributed by atoms with Crippen LogP contribution in [0.1, 0.15) is 16.8 Å². The first-order valence-corrected chi connectivity index (χ1v) is 7.77. The van der Waals surface area contributed by atoms with Crippen LogP contribution in [-0.4, -0.2) is 4.98 Å². The number of benzene rings is 2. The third-order valence-corrected chi connectivity index (χ3v) is 4.22. The van der Waals surface area contributed by atoms with Crippen LogP contribution in [0, 0.1) is 18.3 Å². The molecule has 1 heterocycles. The Bertz CT molecular complexity index is 798. The van der Waals surface area contributed by atoms with Gasteiger partial charge in [-0.05, 0) is 48.9 Å². The van der Waals surface area contributed by atoms with Crippen molar-refractivity contribution in [1.82, 2.24) is 4.98 Å². The standard InChI is InChI=1S/C18H14N2OS/c1-13-12-22-18(20-13)16-6-8-17(9-7-16)21-11-15-4-2-14(10-19)3-5-15/h2-9,12H,11H2,1H3. The lowest BCUT2D eigenvalue weighted by Gasteiger charge is -2.07. The highest BCUT2D eigenvalue weighted by atomic mass is 32.1. The van der Waals surface area contributed by atoms with Crippen LogP contribution in [0.4, 0.5) is 0 Å². The van der Waals surface area contributed by atoms with Crippen LogP contribution < -0.4 is 4.74 Å². The average Bonchev–Trinajstić information content (AvgIpc) is 3.00.